The summed E-state index contributed by atoms with van der Waals surface area (Å²) in [5, 5.41) is 4.42. The molecule has 0 aromatic carbocycles. The maximum absolute atomic E-state index is 11.7. The van der Waals surface area contributed by atoms with Gasteiger partial charge in [-0.3, -0.25) is 14.6 Å². The molecule has 0 N–H and O–H groups in total. The van der Waals surface area contributed by atoms with Crippen molar-refractivity contribution < 1.29 is 8.42 Å². The van der Waals surface area contributed by atoms with Crippen LogP contribution in [-0.2, 0) is 23.5 Å². The molecule has 0 radical (unpaired) electrons. The average Bonchev–Trinajstić information content (AvgIpc) is 2.80. The predicted molar refractivity (Wildman–Crippen MR) is 96.6 cm³/mol. The van der Waals surface area contributed by atoms with Crippen LogP contribution in [0.15, 0.2) is 12.4 Å². The minimum absolute atomic E-state index is 0.297. The van der Waals surface area contributed by atoms with Crippen LogP contribution in [0.3, 0.4) is 0 Å². The van der Waals surface area contributed by atoms with E-state index in [4.69, 9.17) is 0 Å². The number of rotatable bonds is 4. The van der Waals surface area contributed by atoms with Gasteiger partial charge in [-0.05, 0) is 39.0 Å². The minimum atomic E-state index is -3.11. The fourth-order valence-electron chi connectivity index (χ4n) is 3.52. The molecule has 1 saturated heterocycles. The Kier molecular flexibility index (Phi) is 4.92. The summed E-state index contributed by atoms with van der Waals surface area (Å²) in [6.07, 6.45) is 7.56. The lowest BCUT2D eigenvalue weighted by Gasteiger charge is -2.30. The van der Waals surface area contributed by atoms with E-state index in [1.807, 2.05) is 25.6 Å². The van der Waals surface area contributed by atoms with Gasteiger partial charge in [0, 0.05) is 37.6 Å². The van der Waals surface area contributed by atoms with E-state index in [0.717, 1.165) is 47.6 Å². The first-order chi connectivity index (χ1) is 11.8. The molecule has 0 saturated carbocycles. The summed E-state index contributed by atoms with van der Waals surface area (Å²) in [5.41, 5.74) is 4.77. The highest BCUT2D eigenvalue weighted by atomic mass is 32.2. The third-order valence-corrected chi connectivity index (χ3v) is 6.19. The number of hydrogen-bond acceptors (Lipinski definition) is 5. The van der Waals surface area contributed by atoms with Crippen molar-refractivity contribution in [2.45, 2.75) is 33.1 Å². The van der Waals surface area contributed by atoms with Crippen molar-refractivity contribution in [2.75, 3.05) is 19.3 Å². The summed E-state index contributed by atoms with van der Waals surface area (Å²) < 4.78 is 26.9. The van der Waals surface area contributed by atoms with Gasteiger partial charge < -0.3 is 0 Å². The fourth-order valence-corrected chi connectivity index (χ4v) is 4.47. The van der Waals surface area contributed by atoms with E-state index in [9.17, 15) is 8.42 Å². The second-order valence-electron chi connectivity index (χ2n) is 6.90. The predicted octanol–water partition coefficient (Wildman–Crippen LogP) is 1.71. The molecule has 1 atom stereocenters. The lowest BCUT2D eigenvalue weighted by atomic mass is 9.95. The van der Waals surface area contributed by atoms with Gasteiger partial charge in [-0.2, -0.15) is 5.10 Å². The van der Waals surface area contributed by atoms with Crippen molar-refractivity contribution in [3.8, 4) is 11.3 Å². The first-order valence-corrected chi connectivity index (χ1v) is 10.4. The highest BCUT2D eigenvalue weighted by Crippen LogP contribution is 2.25. The van der Waals surface area contributed by atoms with Crippen LogP contribution in [0, 0.1) is 19.8 Å². The summed E-state index contributed by atoms with van der Waals surface area (Å²) in [7, 11) is -1.19. The van der Waals surface area contributed by atoms with Gasteiger partial charge in [0.05, 0.1) is 29.5 Å². The Morgan fingerprint density at radius 1 is 1.24 bits per heavy atom. The molecule has 7 nitrogen and oxygen atoms in total. The van der Waals surface area contributed by atoms with E-state index in [1.54, 1.807) is 16.7 Å². The van der Waals surface area contributed by atoms with Crippen LogP contribution < -0.4 is 0 Å². The summed E-state index contributed by atoms with van der Waals surface area (Å²) in [6.45, 7) is 5.19. The topological polar surface area (TPSA) is 81.0 Å². The number of aryl methyl sites for hydroxylation is 2. The molecule has 1 aliphatic heterocycles. The molecular weight excluding hydrogens is 338 g/mol. The largest absolute Gasteiger partial charge is 0.272 e. The van der Waals surface area contributed by atoms with Gasteiger partial charge in [-0.1, -0.05) is 0 Å². The van der Waals surface area contributed by atoms with Crippen LogP contribution in [-0.4, -0.2) is 51.8 Å². The fraction of sp³-hybridized carbons (Fsp3) is 0.588. The molecule has 3 heterocycles. The zero-order valence-electron chi connectivity index (χ0n) is 15.2. The number of piperidine rings is 1. The van der Waals surface area contributed by atoms with Gasteiger partial charge in [0.2, 0.25) is 10.0 Å². The molecule has 25 heavy (non-hydrogen) atoms. The molecule has 0 spiro atoms. The Balaban J connectivity index is 1.73. The van der Waals surface area contributed by atoms with Crippen molar-refractivity contribution in [3.63, 3.8) is 0 Å². The first kappa shape index (κ1) is 18.0. The van der Waals surface area contributed by atoms with Gasteiger partial charge in [0.15, 0.2) is 0 Å². The van der Waals surface area contributed by atoms with Gasteiger partial charge in [0.1, 0.15) is 0 Å². The summed E-state index contributed by atoms with van der Waals surface area (Å²) in [4.78, 5) is 9.13. The molecule has 0 amide bonds. The van der Waals surface area contributed by atoms with Crippen molar-refractivity contribution in [1.82, 2.24) is 24.1 Å². The maximum Gasteiger partial charge on any atom is 0.211 e. The Labute approximate surface area is 149 Å². The van der Waals surface area contributed by atoms with Crippen LogP contribution in [0.4, 0.5) is 0 Å². The highest BCUT2D eigenvalue weighted by molar-refractivity contribution is 7.88. The molecular formula is C17H25N5O2S. The maximum atomic E-state index is 11.7. The first-order valence-electron chi connectivity index (χ1n) is 8.52. The van der Waals surface area contributed by atoms with Gasteiger partial charge in [-0.15, -0.1) is 0 Å². The summed E-state index contributed by atoms with van der Waals surface area (Å²) in [5.74, 6) is 0.297. The molecule has 2 aromatic heterocycles. The Bertz CT molecular complexity index is 858. The molecule has 136 valence electrons. The number of nitrogens with zero attached hydrogens (tertiary/aromatic N) is 5. The standard InChI is InChI=1S/C17H25N5O2S/c1-12-17(13(2)21(3)20-12)16-10-18-15(9-19-16)8-14-6-5-7-22(11-14)25(4,23)24/h9-10,14H,5-8,11H2,1-4H3/t14-/m1/s1. The average molecular weight is 363 g/mol. The molecule has 0 aliphatic carbocycles. The molecule has 2 aromatic rings. The highest BCUT2D eigenvalue weighted by Gasteiger charge is 2.26. The number of aromatic nitrogens is 4. The summed E-state index contributed by atoms with van der Waals surface area (Å²) >= 11 is 0. The second kappa shape index (κ2) is 6.84. The zero-order chi connectivity index (χ0) is 18.2. The lowest BCUT2D eigenvalue weighted by molar-refractivity contribution is 0.265. The smallest absolute Gasteiger partial charge is 0.211 e. The van der Waals surface area contributed by atoms with Gasteiger partial charge in [-0.25, -0.2) is 12.7 Å². The van der Waals surface area contributed by atoms with Crippen LogP contribution in [0.1, 0.15) is 29.9 Å². The van der Waals surface area contributed by atoms with Crippen LogP contribution in [0.2, 0.25) is 0 Å². The minimum Gasteiger partial charge on any atom is -0.272 e. The number of sulfonamides is 1. The van der Waals surface area contributed by atoms with E-state index in [-0.39, 0.29) is 0 Å². The van der Waals surface area contributed by atoms with E-state index in [0.29, 0.717) is 19.0 Å². The molecule has 1 fully saturated rings. The monoisotopic (exact) mass is 363 g/mol. The molecule has 1 aliphatic rings. The van der Waals surface area contributed by atoms with Crippen molar-refractivity contribution in [1.29, 1.82) is 0 Å². The van der Waals surface area contributed by atoms with E-state index in [2.05, 4.69) is 15.1 Å². The molecule has 3 rings (SSSR count). The number of hydrogen-bond donors (Lipinski definition) is 0. The molecule has 0 bridgehead atoms. The SMILES string of the molecule is Cc1nn(C)c(C)c1-c1cnc(C[C@H]2CCCN(S(C)(=O)=O)C2)cn1. The van der Waals surface area contributed by atoms with Crippen LogP contribution in [0.5, 0.6) is 0 Å². The van der Waals surface area contributed by atoms with Crippen LogP contribution in [0.25, 0.3) is 11.3 Å². The van der Waals surface area contributed by atoms with Crippen LogP contribution >= 0.6 is 0 Å². The van der Waals surface area contributed by atoms with Crippen molar-refractivity contribution >= 4 is 10.0 Å². The Hall–Kier alpha value is -1.80. The molecule has 8 heteroatoms. The van der Waals surface area contributed by atoms with Crippen molar-refractivity contribution in [3.05, 3.63) is 29.5 Å². The normalized spacial score (nSPS) is 19.3. The quantitative estimate of drug-likeness (QED) is 0.826. The van der Waals surface area contributed by atoms with E-state index >= 15 is 0 Å². The third-order valence-electron chi connectivity index (χ3n) is 4.92. The summed E-state index contributed by atoms with van der Waals surface area (Å²) in [6, 6.07) is 0. The van der Waals surface area contributed by atoms with Crippen molar-refractivity contribution in [2.24, 2.45) is 13.0 Å². The Morgan fingerprint density at radius 2 is 2.00 bits per heavy atom. The second-order valence-corrected chi connectivity index (χ2v) is 8.88. The van der Waals surface area contributed by atoms with Gasteiger partial charge in [0.25, 0.3) is 0 Å². The van der Waals surface area contributed by atoms with E-state index in [1.165, 1.54) is 6.26 Å². The zero-order valence-corrected chi connectivity index (χ0v) is 16.0. The Morgan fingerprint density at radius 3 is 2.56 bits per heavy atom. The lowest BCUT2D eigenvalue weighted by Crippen LogP contribution is -2.39. The third kappa shape index (κ3) is 3.90. The van der Waals surface area contributed by atoms with E-state index < -0.39 is 10.0 Å². The van der Waals surface area contributed by atoms with Gasteiger partial charge >= 0.3 is 0 Å². The molecule has 0 unspecified atom stereocenters.